The van der Waals surface area contributed by atoms with Gasteiger partial charge in [-0.3, -0.25) is 4.79 Å². The van der Waals surface area contributed by atoms with Crippen molar-refractivity contribution in [2.75, 3.05) is 36.8 Å². The number of anilines is 1. The highest BCUT2D eigenvalue weighted by Crippen LogP contribution is 2.22. The quantitative estimate of drug-likeness (QED) is 0.631. The van der Waals surface area contributed by atoms with Gasteiger partial charge in [0.1, 0.15) is 6.04 Å². The summed E-state index contributed by atoms with van der Waals surface area (Å²) >= 11 is 0. The van der Waals surface area contributed by atoms with E-state index < -0.39 is 16.1 Å². The van der Waals surface area contributed by atoms with E-state index in [4.69, 9.17) is 0 Å². The Balaban J connectivity index is 1.81. The zero-order chi connectivity index (χ0) is 19.0. The Kier molecular flexibility index (Phi) is 7.90. The highest BCUT2D eigenvalue weighted by Gasteiger charge is 2.37. The largest absolute Gasteiger partial charge is 0.372 e. The maximum absolute atomic E-state index is 12.5. The fraction of sp³-hybridized carbons (Fsp3) is 0.632. The van der Waals surface area contributed by atoms with E-state index >= 15 is 0 Å². The van der Waals surface area contributed by atoms with E-state index in [1.165, 1.54) is 9.99 Å². The lowest BCUT2D eigenvalue weighted by Crippen LogP contribution is -2.47. The average molecular weight is 382 g/mol. The number of carbonyl (C=O) groups is 1. The number of hydrogen-bond donors (Lipinski definition) is 1. The number of carbonyl (C=O) groups excluding carboxylic acids is 1. The van der Waals surface area contributed by atoms with E-state index in [1.807, 2.05) is 25.1 Å². The second-order valence-corrected chi connectivity index (χ2v) is 8.69. The lowest BCUT2D eigenvalue weighted by Gasteiger charge is -2.24. The first-order valence-corrected chi connectivity index (χ1v) is 11.2. The van der Waals surface area contributed by atoms with Crippen molar-refractivity contribution >= 4 is 21.6 Å². The maximum atomic E-state index is 12.5. The second kappa shape index (κ2) is 9.92. The maximum Gasteiger partial charge on any atom is 0.238 e. The van der Waals surface area contributed by atoms with Crippen molar-refractivity contribution in [2.24, 2.45) is 0 Å². The minimum atomic E-state index is -3.32. The van der Waals surface area contributed by atoms with Crippen LogP contribution in [0.25, 0.3) is 0 Å². The molecule has 1 unspecified atom stereocenters. The molecular weight excluding hydrogens is 350 g/mol. The van der Waals surface area contributed by atoms with E-state index in [0.29, 0.717) is 25.9 Å². The first-order chi connectivity index (χ1) is 12.5. The van der Waals surface area contributed by atoms with Crippen molar-refractivity contribution in [3.63, 3.8) is 0 Å². The molecule has 0 aromatic heterocycles. The molecule has 6 nitrogen and oxygen atoms in total. The molecule has 146 valence electrons. The highest BCUT2D eigenvalue weighted by molar-refractivity contribution is 7.89. The second-order valence-electron chi connectivity index (χ2n) is 6.64. The smallest absolute Gasteiger partial charge is 0.238 e. The molecule has 0 bridgehead atoms. The van der Waals surface area contributed by atoms with Gasteiger partial charge < -0.3 is 10.2 Å². The highest BCUT2D eigenvalue weighted by atomic mass is 32.2. The summed E-state index contributed by atoms with van der Waals surface area (Å²) in [6, 6.07) is 9.66. The van der Waals surface area contributed by atoms with Crippen molar-refractivity contribution in [1.29, 1.82) is 0 Å². The van der Waals surface area contributed by atoms with Crippen LogP contribution in [-0.2, 0) is 14.8 Å². The van der Waals surface area contributed by atoms with Crippen molar-refractivity contribution in [1.82, 2.24) is 9.62 Å². The summed E-state index contributed by atoms with van der Waals surface area (Å²) < 4.78 is 26.0. The third-order valence-corrected chi connectivity index (χ3v) is 6.81. The van der Waals surface area contributed by atoms with Crippen LogP contribution in [0.5, 0.6) is 0 Å². The van der Waals surface area contributed by atoms with Gasteiger partial charge in [-0.15, -0.1) is 0 Å². The number of rotatable bonds is 10. The molecule has 7 heteroatoms. The van der Waals surface area contributed by atoms with E-state index in [2.05, 4.69) is 29.3 Å². The molecule has 0 spiro atoms. The zero-order valence-corrected chi connectivity index (χ0v) is 16.7. The van der Waals surface area contributed by atoms with Crippen LogP contribution in [-0.4, -0.2) is 56.6 Å². The summed E-state index contributed by atoms with van der Waals surface area (Å²) in [5.41, 5.74) is 1.17. The number of para-hydroxylation sites is 1. The van der Waals surface area contributed by atoms with Crippen LogP contribution in [0.1, 0.15) is 39.5 Å². The SMILES string of the molecule is CCCS(=O)(=O)N1CCCC1C(=O)NCCCN(CC)c1ccccc1. The third kappa shape index (κ3) is 5.45. The lowest BCUT2D eigenvalue weighted by molar-refractivity contribution is -0.124. The summed E-state index contributed by atoms with van der Waals surface area (Å²) in [6.07, 6.45) is 2.75. The molecule has 1 amide bonds. The molecule has 1 aromatic carbocycles. The summed E-state index contributed by atoms with van der Waals surface area (Å²) in [5.74, 6) is -0.0517. The van der Waals surface area contributed by atoms with Gasteiger partial charge in [-0.2, -0.15) is 4.31 Å². The fourth-order valence-electron chi connectivity index (χ4n) is 3.42. The van der Waals surface area contributed by atoms with Crippen LogP contribution in [0.3, 0.4) is 0 Å². The van der Waals surface area contributed by atoms with Crippen molar-refractivity contribution in [3.8, 4) is 0 Å². The first kappa shape index (κ1) is 20.7. The molecule has 1 atom stereocenters. The van der Waals surface area contributed by atoms with Crippen LogP contribution in [0.15, 0.2) is 30.3 Å². The van der Waals surface area contributed by atoms with Gasteiger partial charge >= 0.3 is 0 Å². The number of benzene rings is 1. The molecule has 1 aliphatic rings. The van der Waals surface area contributed by atoms with Crippen molar-refractivity contribution in [3.05, 3.63) is 30.3 Å². The molecule has 1 aliphatic heterocycles. The Bertz CT molecular complexity index is 664. The molecule has 1 aromatic rings. The summed E-state index contributed by atoms with van der Waals surface area (Å²) in [6.45, 7) is 6.72. The summed E-state index contributed by atoms with van der Waals surface area (Å²) in [7, 11) is -3.32. The molecule has 1 fully saturated rings. The Labute approximate surface area is 157 Å². The van der Waals surface area contributed by atoms with Crippen LogP contribution >= 0.6 is 0 Å². The minimum Gasteiger partial charge on any atom is -0.372 e. The predicted octanol–water partition coefficient (Wildman–Crippen LogP) is 2.22. The Hall–Kier alpha value is -1.60. The minimum absolute atomic E-state index is 0.110. The van der Waals surface area contributed by atoms with E-state index in [-0.39, 0.29) is 11.7 Å². The molecule has 1 N–H and O–H groups in total. The third-order valence-electron chi connectivity index (χ3n) is 4.73. The average Bonchev–Trinajstić information content (AvgIpc) is 3.13. The van der Waals surface area contributed by atoms with Gasteiger partial charge in [-0.25, -0.2) is 8.42 Å². The Morgan fingerprint density at radius 3 is 2.65 bits per heavy atom. The number of amides is 1. The molecule has 1 heterocycles. The molecule has 26 heavy (non-hydrogen) atoms. The fourth-order valence-corrected chi connectivity index (χ4v) is 5.16. The Morgan fingerprint density at radius 1 is 1.27 bits per heavy atom. The summed E-state index contributed by atoms with van der Waals surface area (Å²) in [4.78, 5) is 14.7. The van der Waals surface area contributed by atoms with Gasteiger partial charge in [0.2, 0.25) is 15.9 Å². The van der Waals surface area contributed by atoms with Gasteiger partial charge in [-0.05, 0) is 44.7 Å². The van der Waals surface area contributed by atoms with Crippen LogP contribution in [0.4, 0.5) is 5.69 Å². The number of nitrogens with zero attached hydrogens (tertiary/aromatic N) is 2. The van der Waals surface area contributed by atoms with Crippen LogP contribution < -0.4 is 10.2 Å². The lowest BCUT2D eigenvalue weighted by atomic mass is 10.2. The van der Waals surface area contributed by atoms with Crippen LogP contribution in [0.2, 0.25) is 0 Å². The Morgan fingerprint density at radius 2 is 2.00 bits per heavy atom. The van der Waals surface area contributed by atoms with Gasteiger partial charge in [0, 0.05) is 31.9 Å². The van der Waals surface area contributed by atoms with Gasteiger partial charge in [0.15, 0.2) is 0 Å². The standard InChI is InChI=1S/C19H31N3O3S/c1-3-16-26(24,25)22-15-8-12-18(22)19(23)20-13-9-14-21(4-2)17-10-6-5-7-11-17/h5-7,10-11,18H,3-4,8-9,12-16H2,1-2H3,(H,20,23). The van der Waals surface area contributed by atoms with Gasteiger partial charge in [0.25, 0.3) is 0 Å². The number of sulfonamides is 1. The molecule has 0 saturated carbocycles. The molecular formula is C19H31N3O3S. The molecule has 0 aliphatic carbocycles. The number of nitrogens with one attached hydrogen (secondary N) is 1. The normalized spacial score (nSPS) is 18.0. The van der Waals surface area contributed by atoms with Gasteiger partial charge in [0.05, 0.1) is 5.75 Å². The summed E-state index contributed by atoms with van der Waals surface area (Å²) in [5, 5.41) is 2.93. The monoisotopic (exact) mass is 381 g/mol. The topological polar surface area (TPSA) is 69.7 Å². The van der Waals surface area contributed by atoms with Crippen molar-refractivity contribution < 1.29 is 13.2 Å². The first-order valence-electron chi connectivity index (χ1n) is 9.56. The van der Waals surface area contributed by atoms with E-state index in [0.717, 1.165) is 25.9 Å². The van der Waals surface area contributed by atoms with Crippen molar-refractivity contribution in [2.45, 2.75) is 45.6 Å². The van der Waals surface area contributed by atoms with Gasteiger partial charge in [-0.1, -0.05) is 25.1 Å². The molecule has 0 radical (unpaired) electrons. The van der Waals surface area contributed by atoms with E-state index in [9.17, 15) is 13.2 Å². The van der Waals surface area contributed by atoms with Crippen LogP contribution in [0, 0.1) is 0 Å². The van der Waals surface area contributed by atoms with E-state index in [1.54, 1.807) is 0 Å². The molecule has 1 saturated heterocycles. The molecule has 2 rings (SSSR count). The predicted molar refractivity (Wildman–Crippen MR) is 106 cm³/mol. The number of hydrogen-bond acceptors (Lipinski definition) is 4. The zero-order valence-electron chi connectivity index (χ0n) is 15.9.